The zero-order valence-electron chi connectivity index (χ0n) is 16.6. The maximum atomic E-state index is 12.6. The molecule has 1 N–H and O–H groups in total. The maximum absolute atomic E-state index is 12.6. The Morgan fingerprint density at radius 2 is 1.89 bits per heavy atom. The molecule has 1 aliphatic heterocycles. The highest BCUT2D eigenvalue weighted by molar-refractivity contribution is 5.80. The van der Waals surface area contributed by atoms with Crippen LogP contribution in [0.5, 0.6) is 11.5 Å². The van der Waals surface area contributed by atoms with Gasteiger partial charge in [-0.2, -0.15) is 8.78 Å². The molecule has 1 heterocycles. The number of ether oxygens (including phenoxy) is 2. The zero-order chi connectivity index (χ0) is 20.5. The van der Waals surface area contributed by atoms with Crippen LogP contribution in [0.15, 0.2) is 23.2 Å². The number of amides is 1. The van der Waals surface area contributed by atoms with Gasteiger partial charge in [0.1, 0.15) is 0 Å². The lowest BCUT2D eigenvalue weighted by Gasteiger charge is -2.36. The Labute approximate surface area is 164 Å². The molecule has 0 radical (unpaired) electrons. The highest BCUT2D eigenvalue weighted by Gasteiger charge is 2.20. The van der Waals surface area contributed by atoms with Crippen LogP contribution in [0.3, 0.4) is 0 Å². The number of rotatable bonds is 7. The van der Waals surface area contributed by atoms with Crippen LogP contribution in [0.25, 0.3) is 0 Å². The van der Waals surface area contributed by atoms with Gasteiger partial charge in [0.05, 0.1) is 7.11 Å². The van der Waals surface area contributed by atoms with Gasteiger partial charge >= 0.3 is 6.61 Å². The van der Waals surface area contributed by atoms with E-state index in [-0.39, 0.29) is 17.4 Å². The van der Waals surface area contributed by atoms with E-state index in [2.05, 4.69) is 19.9 Å². The summed E-state index contributed by atoms with van der Waals surface area (Å²) in [5.74, 6) is 1.17. The van der Waals surface area contributed by atoms with Crippen LogP contribution in [0.4, 0.5) is 8.78 Å². The van der Waals surface area contributed by atoms with Gasteiger partial charge in [-0.15, -0.1) is 0 Å². The van der Waals surface area contributed by atoms with E-state index >= 15 is 0 Å². The van der Waals surface area contributed by atoms with Crippen molar-refractivity contribution in [2.24, 2.45) is 4.99 Å². The second kappa shape index (κ2) is 10.7. The Kier molecular flexibility index (Phi) is 8.28. The van der Waals surface area contributed by atoms with Gasteiger partial charge in [0.15, 0.2) is 17.5 Å². The fourth-order valence-corrected chi connectivity index (χ4v) is 3.01. The van der Waals surface area contributed by atoms with Gasteiger partial charge in [-0.3, -0.25) is 9.79 Å². The average molecular weight is 398 g/mol. The van der Waals surface area contributed by atoms with Crippen molar-refractivity contribution < 1.29 is 23.0 Å². The van der Waals surface area contributed by atoms with Crippen molar-refractivity contribution in [3.63, 3.8) is 0 Å². The summed E-state index contributed by atoms with van der Waals surface area (Å²) in [6.07, 6.45) is 0.575. The summed E-state index contributed by atoms with van der Waals surface area (Å²) in [7, 11) is 1.41. The molecule has 0 spiro atoms. The van der Waals surface area contributed by atoms with E-state index in [0.29, 0.717) is 26.1 Å². The van der Waals surface area contributed by atoms with Crippen molar-refractivity contribution in [3.05, 3.63) is 23.8 Å². The number of aliphatic imine (C=N–C) groups is 1. The Balaban J connectivity index is 1.99. The second-order valence-corrected chi connectivity index (χ2v) is 6.34. The number of carbonyl (C=O) groups is 1. The van der Waals surface area contributed by atoms with E-state index in [1.54, 1.807) is 19.1 Å². The molecule has 1 fully saturated rings. The number of halogens is 2. The standard InChI is InChI=1S/C19H28F2N4O3/c1-4-22-19(25-11-9-24(10-12-25)14(2)26)23-8-7-15-5-6-16(27-3)17(13-15)28-18(20)21/h5-6,13,18H,4,7-12H2,1-3H3,(H,22,23). The Bertz CT molecular complexity index is 677. The SMILES string of the molecule is CCNC(=NCCc1ccc(OC)c(OC(F)F)c1)N1CCN(C(C)=O)CC1. The van der Waals surface area contributed by atoms with E-state index < -0.39 is 6.61 Å². The minimum atomic E-state index is -2.91. The molecule has 0 aromatic heterocycles. The molecule has 156 valence electrons. The predicted molar refractivity (Wildman–Crippen MR) is 103 cm³/mol. The first-order valence-electron chi connectivity index (χ1n) is 9.35. The van der Waals surface area contributed by atoms with Gasteiger partial charge in [-0.05, 0) is 31.0 Å². The molecule has 1 aliphatic rings. The van der Waals surface area contributed by atoms with Crippen molar-refractivity contribution in [2.75, 3.05) is 46.4 Å². The maximum Gasteiger partial charge on any atom is 0.387 e. The molecule has 0 saturated carbocycles. The van der Waals surface area contributed by atoms with Gasteiger partial charge in [0, 0.05) is 46.2 Å². The summed E-state index contributed by atoms with van der Waals surface area (Å²) in [6, 6.07) is 4.98. The lowest BCUT2D eigenvalue weighted by atomic mass is 10.1. The molecule has 9 heteroatoms. The van der Waals surface area contributed by atoms with E-state index in [9.17, 15) is 13.6 Å². The van der Waals surface area contributed by atoms with Crippen molar-refractivity contribution in [1.29, 1.82) is 0 Å². The molecule has 28 heavy (non-hydrogen) atoms. The number of hydrogen-bond donors (Lipinski definition) is 1. The van der Waals surface area contributed by atoms with Crippen LogP contribution in [-0.2, 0) is 11.2 Å². The van der Waals surface area contributed by atoms with E-state index in [1.165, 1.54) is 7.11 Å². The lowest BCUT2D eigenvalue weighted by Crippen LogP contribution is -2.53. The van der Waals surface area contributed by atoms with E-state index in [4.69, 9.17) is 4.74 Å². The van der Waals surface area contributed by atoms with Gasteiger partial charge in [-0.25, -0.2) is 0 Å². The minimum Gasteiger partial charge on any atom is -0.493 e. The van der Waals surface area contributed by atoms with Crippen LogP contribution >= 0.6 is 0 Å². The van der Waals surface area contributed by atoms with Gasteiger partial charge in [0.25, 0.3) is 0 Å². The fraction of sp³-hybridized carbons (Fsp3) is 0.579. The molecule has 0 unspecified atom stereocenters. The highest BCUT2D eigenvalue weighted by atomic mass is 19.3. The van der Waals surface area contributed by atoms with Crippen LogP contribution in [0.1, 0.15) is 19.4 Å². The number of nitrogens with one attached hydrogen (secondary N) is 1. The summed E-state index contributed by atoms with van der Waals surface area (Å²) < 4.78 is 34.7. The number of hydrogen-bond acceptors (Lipinski definition) is 4. The third-order valence-electron chi connectivity index (χ3n) is 4.47. The number of guanidine groups is 1. The highest BCUT2D eigenvalue weighted by Crippen LogP contribution is 2.29. The summed E-state index contributed by atoms with van der Waals surface area (Å²) in [5.41, 5.74) is 0.831. The van der Waals surface area contributed by atoms with Gasteiger partial charge < -0.3 is 24.6 Å². The number of piperazine rings is 1. The molecule has 7 nitrogen and oxygen atoms in total. The topological polar surface area (TPSA) is 66.4 Å². The molecular weight excluding hydrogens is 370 g/mol. The number of nitrogens with zero attached hydrogens (tertiary/aromatic N) is 3. The van der Waals surface area contributed by atoms with Crippen molar-refractivity contribution >= 4 is 11.9 Å². The largest absolute Gasteiger partial charge is 0.493 e. The summed E-state index contributed by atoms with van der Waals surface area (Å²) in [5, 5.41) is 3.27. The third kappa shape index (κ3) is 6.24. The number of benzene rings is 1. The van der Waals surface area contributed by atoms with Crippen LogP contribution < -0.4 is 14.8 Å². The smallest absolute Gasteiger partial charge is 0.387 e. The second-order valence-electron chi connectivity index (χ2n) is 6.34. The summed E-state index contributed by atoms with van der Waals surface area (Å²) in [4.78, 5) is 20.1. The normalized spacial score (nSPS) is 15.0. The average Bonchev–Trinajstić information content (AvgIpc) is 2.67. The van der Waals surface area contributed by atoms with Crippen LogP contribution in [-0.4, -0.2) is 74.7 Å². The first-order valence-corrected chi connectivity index (χ1v) is 9.35. The summed E-state index contributed by atoms with van der Waals surface area (Å²) in [6.45, 7) is 4.70. The third-order valence-corrected chi connectivity index (χ3v) is 4.47. The molecular formula is C19H28F2N4O3. The number of alkyl halides is 2. The number of methoxy groups -OCH3 is 1. The molecule has 0 aliphatic carbocycles. The molecule has 2 rings (SSSR count). The van der Waals surface area contributed by atoms with Crippen molar-refractivity contribution in [3.8, 4) is 11.5 Å². The zero-order valence-corrected chi connectivity index (χ0v) is 16.6. The lowest BCUT2D eigenvalue weighted by molar-refractivity contribution is -0.130. The Morgan fingerprint density at radius 3 is 2.46 bits per heavy atom. The molecule has 1 aromatic carbocycles. The summed E-state index contributed by atoms with van der Waals surface area (Å²) >= 11 is 0. The predicted octanol–water partition coefficient (Wildman–Crippen LogP) is 1.97. The molecule has 0 bridgehead atoms. The molecule has 1 aromatic rings. The molecule has 0 atom stereocenters. The first-order chi connectivity index (χ1) is 13.4. The first kappa shape index (κ1) is 21.7. The molecule has 1 saturated heterocycles. The van der Waals surface area contributed by atoms with Crippen LogP contribution in [0, 0.1) is 0 Å². The number of carbonyl (C=O) groups excluding carboxylic acids is 1. The Hall–Kier alpha value is -2.58. The monoisotopic (exact) mass is 398 g/mol. The quantitative estimate of drug-likeness (QED) is 0.562. The van der Waals surface area contributed by atoms with Crippen molar-refractivity contribution in [1.82, 2.24) is 15.1 Å². The van der Waals surface area contributed by atoms with E-state index in [1.807, 2.05) is 17.9 Å². The minimum absolute atomic E-state index is 0.0197. The fourth-order valence-electron chi connectivity index (χ4n) is 3.01. The van der Waals surface area contributed by atoms with Gasteiger partial charge in [0.2, 0.25) is 5.91 Å². The van der Waals surface area contributed by atoms with E-state index in [0.717, 1.165) is 31.2 Å². The van der Waals surface area contributed by atoms with Crippen molar-refractivity contribution in [2.45, 2.75) is 26.9 Å². The van der Waals surface area contributed by atoms with Crippen LogP contribution in [0.2, 0.25) is 0 Å². The molecule has 1 amide bonds. The van der Waals surface area contributed by atoms with Gasteiger partial charge in [-0.1, -0.05) is 6.07 Å². The Morgan fingerprint density at radius 1 is 1.21 bits per heavy atom.